The third-order valence-corrected chi connectivity index (χ3v) is 11.5. The summed E-state index contributed by atoms with van der Waals surface area (Å²) in [6, 6.07) is 8.12. The van der Waals surface area contributed by atoms with E-state index in [2.05, 4.69) is 88.8 Å². The van der Waals surface area contributed by atoms with Gasteiger partial charge in [-0.05, 0) is 80.4 Å². The first kappa shape index (κ1) is 28.4. The van der Waals surface area contributed by atoms with E-state index >= 15 is 0 Å². The highest BCUT2D eigenvalue weighted by atomic mass is 79.9. The zero-order chi connectivity index (χ0) is 23.7. The lowest BCUT2D eigenvalue weighted by Gasteiger charge is -2.38. The predicted molar refractivity (Wildman–Crippen MR) is 140 cm³/mol. The molecular formula is C26H45BrO3Si. The van der Waals surface area contributed by atoms with Crippen molar-refractivity contribution in [1.82, 2.24) is 0 Å². The first-order chi connectivity index (χ1) is 14.4. The number of methoxy groups -OCH3 is 1. The van der Waals surface area contributed by atoms with Crippen molar-refractivity contribution in [1.29, 1.82) is 0 Å². The normalized spacial score (nSPS) is 16.1. The summed E-state index contributed by atoms with van der Waals surface area (Å²) in [5.41, 5.74) is 2.52. The average Bonchev–Trinajstić information content (AvgIpc) is 2.69. The van der Waals surface area contributed by atoms with E-state index in [4.69, 9.17) is 13.9 Å². The highest BCUT2D eigenvalue weighted by molar-refractivity contribution is 9.09. The lowest BCUT2D eigenvalue weighted by atomic mass is 9.98. The standard InChI is InChI=1S/C26H45BrO3Si/c1-20(18-21(2)22(3)30-31(8,9)26(4,5)6)10-13-25(16-17-27)29-19-23-11-14-24(28-7)15-12-23/h11-12,14-15,18,20,22,25H,10,13,16-17,19H2,1-9H3/b21-18+/t20-,22-,25+/m0/s1. The molecule has 0 unspecified atom stereocenters. The molecule has 0 aliphatic heterocycles. The monoisotopic (exact) mass is 512 g/mol. The molecule has 5 heteroatoms. The maximum atomic E-state index is 6.56. The molecule has 3 atom stereocenters. The highest BCUT2D eigenvalue weighted by Crippen LogP contribution is 2.38. The van der Waals surface area contributed by atoms with Crippen LogP contribution in [0, 0.1) is 5.92 Å². The van der Waals surface area contributed by atoms with Crippen molar-refractivity contribution in [2.75, 3.05) is 12.4 Å². The fraction of sp³-hybridized carbons (Fsp3) is 0.692. The molecule has 0 aliphatic carbocycles. The Morgan fingerprint density at radius 1 is 1.06 bits per heavy atom. The maximum Gasteiger partial charge on any atom is 0.192 e. The predicted octanol–water partition coefficient (Wildman–Crippen LogP) is 8.14. The van der Waals surface area contributed by atoms with Crippen molar-refractivity contribution in [3.05, 3.63) is 41.5 Å². The second-order valence-corrected chi connectivity index (χ2v) is 15.8. The van der Waals surface area contributed by atoms with E-state index in [1.807, 2.05) is 12.1 Å². The number of halogens is 1. The van der Waals surface area contributed by atoms with Gasteiger partial charge in [0.15, 0.2) is 8.32 Å². The minimum absolute atomic E-state index is 0.174. The fourth-order valence-electron chi connectivity index (χ4n) is 3.20. The first-order valence-corrected chi connectivity index (χ1v) is 15.6. The molecule has 0 amide bonds. The van der Waals surface area contributed by atoms with Crippen LogP contribution >= 0.6 is 15.9 Å². The topological polar surface area (TPSA) is 27.7 Å². The van der Waals surface area contributed by atoms with Gasteiger partial charge < -0.3 is 13.9 Å². The highest BCUT2D eigenvalue weighted by Gasteiger charge is 2.38. The van der Waals surface area contributed by atoms with Gasteiger partial charge in [0.1, 0.15) is 5.75 Å². The average molecular weight is 514 g/mol. The van der Waals surface area contributed by atoms with Gasteiger partial charge >= 0.3 is 0 Å². The molecule has 31 heavy (non-hydrogen) atoms. The zero-order valence-corrected chi connectivity index (χ0v) is 23.8. The van der Waals surface area contributed by atoms with Crippen molar-refractivity contribution >= 4 is 24.2 Å². The summed E-state index contributed by atoms with van der Waals surface area (Å²) in [6.07, 6.45) is 6.03. The van der Waals surface area contributed by atoms with Gasteiger partial charge in [-0.25, -0.2) is 0 Å². The minimum atomic E-state index is -1.75. The van der Waals surface area contributed by atoms with Crippen molar-refractivity contribution in [2.24, 2.45) is 5.92 Å². The van der Waals surface area contributed by atoms with Crippen molar-refractivity contribution in [3.8, 4) is 5.75 Å². The molecule has 0 spiro atoms. The first-order valence-electron chi connectivity index (χ1n) is 11.6. The van der Waals surface area contributed by atoms with Gasteiger partial charge in [0.25, 0.3) is 0 Å². The molecule has 3 nitrogen and oxygen atoms in total. The minimum Gasteiger partial charge on any atom is -0.497 e. The molecule has 0 fully saturated rings. The van der Waals surface area contributed by atoms with E-state index in [0.717, 1.165) is 30.3 Å². The second-order valence-electron chi connectivity index (χ2n) is 10.2. The second kappa shape index (κ2) is 13.2. The lowest BCUT2D eigenvalue weighted by Crippen LogP contribution is -2.43. The molecule has 0 heterocycles. The number of hydrogen-bond acceptors (Lipinski definition) is 3. The lowest BCUT2D eigenvalue weighted by molar-refractivity contribution is 0.0307. The van der Waals surface area contributed by atoms with Crippen molar-refractivity contribution in [3.63, 3.8) is 0 Å². The summed E-state index contributed by atoms with van der Waals surface area (Å²) in [4.78, 5) is 0. The summed E-state index contributed by atoms with van der Waals surface area (Å²) < 4.78 is 18.0. The van der Waals surface area contributed by atoms with Crippen LogP contribution in [0.2, 0.25) is 18.1 Å². The Bertz CT molecular complexity index is 664. The van der Waals surface area contributed by atoms with E-state index in [9.17, 15) is 0 Å². The molecule has 178 valence electrons. The molecule has 1 aromatic carbocycles. The van der Waals surface area contributed by atoms with E-state index in [1.54, 1.807) is 7.11 Å². The largest absolute Gasteiger partial charge is 0.497 e. The molecule has 0 N–H and O–H groups in total. The van der Waals surface area contributed by atoms with E-state index in [0.29, 0.717) is 12.5 Å². The van der Waals surface area contributed by atoms with Crippen LogP contribution in [0.25, 0.3) is 0 Å². The number of benzene rings is 1. The molecular weight excluding hydrogens is 468 g/mol. The maximum absolute atomic E-state index is 6.56. The van der Waals surface area contributed by atoms with Crippen LogP contribution < -0.4 is 4.74 Å². The van der Waals surface area contributed by atoms with Crippen LogP contribution in [0.3, 0.4) is 0 Å². The van der Waals surface area contributed by atoms with E-state index in [1.165, 1.54) is 11.1 Å². The van der Waals surface area contributed by atoms with Crippen LogP contribution in [0.15, 0.2) is 35.9 Å². The Labute approximate surface area is 201 Å². The number of alkyl halides is 1. The SMILES string of the molecule is COc1ccc(CO[C@@H](CCBr)CC[C@H](C)/C=C(\C)[C@H](C)O[Si](C)(C)C(C)(C)C)cc1. The molecule has 0 bridgehead atoms. The molecule has 0 saturated carbocycles. The summed E-state index contributed by atoms with van der Waals surface area (Å²) in [5, 5.41) is 1.19. The number of allylic oxidation sites excluding steroid dienone is 1. The summed E-state index contributed by atoms with van der Waals surface area (Å²) in [5.74, 6) is 1.39. The summed E-state index contributed by atoms with van der Waals surface area (Å²) in [7, 11) is -0.0623. The van der Waals surface area contributed by atoms with Gasteiger partial charge in [0, 0.05) is 5.33 Å². The van der Waals surface area contributed by atoms with E-state index < -0.39 is 8.32 Å². The molecule has 1 rings (SSSR count). The van der Waals surface area contributed by atoms with Crippen molar-refractivity contribution in [2.45, 2.75) is 97.8 Å². The smallest absolute Gasteiger partial charge is 0.192 e. The third kappa shape index (κ3) is 10.2. The Kier molecular flexibility index (Phi) is 12.1. The van der Waals surface area contributed by atoms with Gasteiger partial charge in [-0.1, -0.05) is 61.8 Å². The van der Waals surface area contributed by atoms with Gasteiger partial charge in [0.2, 0.25) is 0 Å². The molecule has 1 aromatic rings. The Morgan fingerprint density at radius 2 is 1.68 bits per heavy atom. The number of rotatable bonds is 13. The number of hydrogen-bond donors (Lipinski definition) is 0. The Morgan fingerprint density at radius 3 is 2.19 bits per heavy atom. The van der Waals surface area contributed by atoms with Gasteiger partial charge in [-0.15, -0.1) is 0 Å². The Hall–Kier alpha value is -0.623. The van der Waals surface area contributed by atoms with E-state index in [-0.39, 0.29) is 17.2 Å². The molecule has 0 aliphatic rings. The zero-order valence-electron chi connectivity index (χ0n) is 21.3. The molecule has 0 radical (unpaired) electrons. The molecule has 0 aromatic heterocycles. The van der Waals surface area contributed by atoms with Crippen LogP contribution in [0.1, 0.15) is 66.4 Å². The molecule has 0 saturated heterocycles. The summed E-state index contributed by atoms with van der Waals surface area (Å²) in [6.45, 7) is 18.9. The quantitative estimate of drug-likeness (QED) is 0.151. The Balaban J connectivity index is 2.57. The van der Waals surface area contributed by atoms with Crippen LogP contribution in [-0.2, 0) is 15.8 Å². The van der Waals surface area contributed by atoms with Gasteiger partial charge in [-0.3, -0.25) is 0 Å². The third-order valence-electron chi connectivity index (χ3n) is 6.49. The van der Waals surface area contributed by atoms with Crippen LogP contribution in [0.4, 0.5) is 0 Å². The summed E-state index contributed by atoms with van der Waals surface area (Å²) >= 11 is 3.58. The van der Waals surface area contributed by atoms with Crippen LogP contribution in [0.5, 0.6) is 5.75 Å². The number of ether oxygens (including phenoxy) is 2. The van der Waals surface area contributed by atoms with Crippen LogP contribution in [-0.4, -0.2) is 33.0 Å². The van der Waals surface area contributed by atoms with Gasteiger partial charge in [-0.2, -0.15) is 0 Å². The van der Waals surface area contributed by atoms with Crippen molar-refractivity contribution < 1.29 is 13.9 Å². The van der Waals surface area contributed by atoms with Gasteiger partial charge in [0.05, 0.1) is 25.9 Å². The fourth-order valence-corrected chi connectivity index (χ4v) is 5.13.